The number of anilines is 1. The first kappa shape index (κ1) is 13.9. The molecule has 0 aliphatic heterocycles. The number of ether oxygens (including phenoxy) is 1. The van der Waals surface area contributed by atoms with E-state index < -0.39 is 0 Å². The normalized spacial score (nSPS) is 10.2. The van der Waals surface area contributed by atoms with Crippen molar-refractivity contribution in [2.24, 2.45) is 0 Å². The van der Waals surface area contributed by atoms with Gasteiger partial charge in [0.25, 0.3) is 0 Å². The van der Waals surface area contributed by atoms with Crippen LogP contribution in [0.15, 0.2) is 24.3 Å². The fourth-order valence-corrected chi connectivity index (χ4v) is 1.80. The van der Waals surface area contributed by atoms with E-state index in [1.54, 1.807) is 0 Å². The van der Waals surface area contributed by atoms with Crippen molar-refractivity contribution in [3.8, 4) is 5.75 Å². The average Bonchev–Trinajstić information content (AvgIpc) is 2.36. The van der Waals surface area contributed by atoms with Gasteiger partial charge in [0.2, 0.25) is 0 Å². The molecule has 0 aliphatic rings. The number of hydrogen-bond acceptors (Lipinski definition) is 2. The fourth-order valence-electron chi connectivity index (χ4n) is 1.80. The predicted octanol–water partition coefficient (Wildman–Crippen LogP) is 4.47. The summed E-state index contributed by atoms with van der Waals surface area (Å²) in [4.78, 5) is 0. The van der Waals surface area contributed by atoms with E-state index in [0.29, 0.717) is 0 Å². The molecule has 0 fully saturated rings. The first-order valence-electron chi connectivity index (χ1n) is 6.83. The summed E-state index contributed by atoms with van der Waals surface area (Å²) in [6, 6.07) is 8.19. The van der Waals surface area contributed by atoms with Crippen LogP contribution in [0.25, 0.3) is 0 Å². The standard InChI is InChI=1S/C15H25NO/c1-3-5-6-7-8-13-16-14-9-11-15(12-10-14)17-4-2/h9-12,16H,3-8,13H2,1-2H3. The second-order valence-electron chi connectivity index (χ2n) is 4.30. The molecule has 2 heteroatoms. The van der Waals surface area contributed by atoms with E-state index in [4.69, 9.17) is 4.74 Å². The van der Waals surface area contributed by atoms with Crippen molar-refractivity contribution in [2.75, 3.05) is 18.5 Å². The Balaban J connectivity index is 2.14. The van der Waals surface area contributed by atoms with Gasteiger partial charge in [0.1, 0.15) is 5.75 Å². The van der Waals surface area contributed by atoms with Crippen molar-refractivity contribution in [1.82, 2.24) is 0 Å². The van der Waals surface area contributed by atoms with Crippen LogP contribution in [0.4, 0.5) is 5.69 Å². The second kappa shape index (κ2) is 8.91. The zero-order chi connectivity index (χ0) is 12.3. The second-order valence-corrected chi connectivity index (χ2v) is 4.30. The first-order chi connectivity index (χ1) is 8.36. The molecule has 0 spiro atoms. The minimum absolute atomic E-state index is 0.726. The van der Waals surface area contributed by atoms with Crippen molar-refractivity contribution in [3.63, 3.8) is 0 Å². The van der Waals surface area contributed by atoms with Crippen LogP contribution in [0, 0.1) is 0 Å². The maximum absolute atomic E-state index is 5.40. The zero-order valence-corrected chi connectivity index (χ0v) is 11.2. The fraction of sp³-hybridized carbons (Fsp3) is 0.600. The van der Waals surface area contributed by atoms with E-state index in [9.17, 15) is 0 Å². The lowest BCUT2D eigenvalue weighted by Gasteiger charge is -2.07. The molecule has 0 saturated heterocycles. The minimum atomic E-state index is 0.726. The Labute approximate surface area is 105 Å². The highest BCUT2D eigenvalue weighted by Gasteiger charge is 1.94. The molecule has 0 unspecified atom stereocenters. The third kappa shape index (κ3) is 6.20. The Bertz CT molecular complexity index is 281. The maximum Gasteiger partial charge on any atom is 0.119 e. The van der Waals surface area contributed by atoms with E-state index in [1.807, 2.05) is 19.1 Å². The molecule has 1 aromatic rings. The highest BCUT2D eigenvalue weighted by molar-refractivity contribution is 5.46. The van der Waals surface area contributed by atoms with Crippen LogP contribution in [0.1, 0.15) is 46.0 Å². The molecule has 17 heavy (non-hydrogen) atoms. The number of nitrogens with one attached hydrogen (secondary N) is 1. The van der Waals surface area contributed by atoms with Gasteiger partial charge in [-0.05, 0) is 37.6 Å². The van der Waals surface area contributed by atoms with Gasteiger partial charge in [0, 0.05) is 12.2 Å². The van der Waals surface area contributed by atoms with Crippen LogP contribution in [0.2, 0.25) is 0 Å². The van der Waals surface area contributed by atoms with Crippen LogP contribution in [0.5, 0.6) is 5.75 Å². The van der Waals surface area contributed by atoms with Crippen LogP contribution in [-0.4, -0.2) is 13.2 Å². The Morgan fingerprint density at radius 3 is 2.29 bits per heavy atom. The molecule has 0 atom stereocenters. The summed E-state index contributed by atoms with van der Waals surface area (Å²) >= 11 is 0. The quantitative estimate of drug-likeness (QED) is 0.638. The Morgan fingerprint density at radius 1 is 0.941 bits per heavy atom. The molecule has 1 aromatic carbocycles. The van der Waals surface area contributed by atoms with Crippen molar-refractivity contribution in [3.05, 3.63) is 24.3 Å². The summed E-state index contributed by atoms with van der Waals surface area (Å²) in [6.45, 7) is 6.04. The summed E-state index contributed by atoms with van der Waals surface area (Å²) in [7, 11) is 0. The van der Waals surface area contributed by atoms with Gasteiger partial charge in [-0.25, -0.2) is 0 Å². The Hall–Kier alpha value is -1.18. The summed E-state index contributed by atoms with van der Waals surface area (Å²) in [5.41, 5.74) is 1.18. The Kier molecular flexibility index (Phi) is 7.28. The number of benzene rings is 1. The van der Waals surface area contributed by atoms with Crippen molar-refractivity contribution in [2.45, 2.75) is 46.0 Å². The first-order valence-corrected chi connectivity index (χ1v) is 6.83. The molecule has 96 valence electrons. The summed E-state index contributed by atoms with van der Waals surface area (Å²) in [5.74, 6) is 0.945. The Morgan fingerprint density at radius 2 is 1.65 bits per heavy atom. The van der Waals surface area contributed by atoms with Gasteiger partial charge in [0.15, 0.2) is 0 Å². The van der Waals surface area contributed by atoms with Crippen molar-refractivity contribution < 1.29 is 4.74 Å². The molecule has 1 rings (SSSR count). The van der Waals surface area contributed by atoms with Gasteiger partial charge in [-0.1, -0.05) is 32.6 Å². The molecular formula is C15H25NO. The molecule has 0 saturated carbocycles. The zero-order valence-electron chi connectivity index (χ0n) is 11.2. The SMILES string of the molecule is CCCCCCCNc1ccc(OCC)cc1. The molecule has 0 aromatic heterocycles. The highest BCUT2D eigenvalue weighted by atomic mass is 16.5. The number of unbranched alkanes of at least 4 members (excludes halogenated alkanes) is 4. The lowest BCUT2D eigenvalue weighted by atomic mass is 10.1. The van der Waals surface area contributed by atoms with E-state index in [-0.39, 0.29) is 0 Å². The van der Waals surface area contributed by atoms with Gasteiger partial charge in [-0.15, -0.1) is 0 Å². The lowest BCUT2D eigenvalue weighted by Crippen LogP contribution is -2.01. The summed E-state index contributed by atoms with van der Waals surface area (Å²) in [6.07, 6.45) is 6.63. The summed E-state index contributed by atoms with van der Waals surface area (Å²) < 4.78 is 5.40. The smallest absolute Gasteiger partial charge is 0.119 e. The molecule has 1 N–H and O–H groups in total. The van der Waals surface area contributed by atoms with Crippen LogP contribution >= 0.6 is 0 Å². The predicted molar refractivity (Wildman–Crippen MR) is 74.9 cm³/mol. The third-order valence-electron chi connectivity index (χ3n) is 2.77. The van der Waals surface area contributed by atoms with Crippen LogP contribution in [-0.2, 0) is 0 Å². The van der Waals surface area contributed by atoms with Gasteiger partial charge >= 0.3 is 0 Å². The van der Waals surface area contributed by atoms with Gasteiger partial charge in [-0.2, -0.15) is 0 Å². The van der Waals surface area contributed by atoms with Crippen LogP contribution < -0.4 is 10.1 Å². The molecule has 2 nitrogen and oxygen atoms in total. The largest absolute Gasteiger partial charge is 0.494 e. The number of rotatable bonds is 9. The molecule has 0 heterocycles. The minimum Gasteiger partial charge on any atom is -0.494 e. The van der Waals surface area contributed by atoms with E-state index in [2.05, 4.69) is 24.4 Å². The van der Waals surface area contributed by atoms with Gasteiger partial charge in [0.05, 0.1) is 6.61 Å². The average molecular weight is 235 g/mol. The van der Waals surface area contributed by atoms with E-state index in [1.165, 1.54) is 37.8 Å². The van der Waals surface area contributed by atoms with Crippen molar-refractivity contribution in [1.29, 1.82) is 0 Å². The molecule has 0 bridgehead atoms. The number of hydrogen-bond donors (Lipinski definition) is 1. The molecule has 0 radical (unpaired) electrons. The molecular weight excluding hydrogens is 210 g/mol. The highest BCUT2D eigenvalue weighted by Crippen LogP contribution is 2.15. The van der Waals surface area contributed by atoms with E-state index >= 15 is 0 Å². The topological polar surface area (TPSA) is 21.3 Å². The maximum atomic E-state index is 5.40. The van der Waals surface area contributed by atoms with Gasteiger partial charge in [-0.3, -0.25) is 0 Å². The summed E-state index contributed by atoms with van der Waals surface area (Å²) in [5, 5.41) is 3.44. The molecule has 0 amide bonds. The van der Waals surface area contributed by atoms with Crippen LogP contribution in [0.3, 0.4) is 0 Å². The monoisotopic (exact) mass is 235 g/mol. The third-order valence-corrected chi connectivity index (χ3v) is 2.77. The van der Waals surface area contributed by atoms with Gasteiger partial charge < -0.3 is 10.1 Å². The lowest BCUT2D eigenvalue weighted by molar-refractivity contribution is 0.340. The van der Waals surface area contributed by atoms with Crippen molar-refractivity contribution >= 4 is 5.69 Å². The van der Waals surface area contributed by atoms with E-state index in [0.717, 1.165) is 18.9 Å². The molecule has 0 aliphatic carbocycles.